The Morgan fingerprint density at radius 1 is 1.53 bits per heavy atom. The van der Waals surface area contributed by atoms with Crippen LogP contribution in [0.1, 0.15) is 22.3 Å². The molecule has 106 valence electrons. The standard InChI is InChI=1S/C14H20N2O2.ClH/c1-16(13-6-7-15-9-13)10-11-4-3-5-12(8-11)14(17)18-2;/h3-5,8,13,15H,6-7,9-10H2,1-2H3;1H. The van der Waals surface area contributed by atoms with Crippen LogP contribution in [0.25, 0.3) is 0 Å². The Morgan fingerprint density at radius 2 is 2.32 bits per heavy atom. The molecule has 5 heteroatoms. The van der Waals surface area contributed by atoms with Crippen molar-refractivity contribution in [2.24, 2.45) is 0 Å². The molecule has 1 aromatic carbocycles. The molecule has 1 aromatic rings. The minimum atomic E-state index is -0.276. The number of methoxy groups -OCH3 is 1. The van der Waals surface area contributed by atoms with Gasteiger partial charge in [0.05, 0.1) is 12.7 Å². The van der Waals surface area contributed by atoms with E-state index in [1.54, 1.807) is 6.07 Å². The molecule has 0 radical (unpaired) electrons. The SMILES string of the molecule is COC(=O)c1cccc(CN(C)C2CCNC2)c1.Cl. The van der Waals surface area contributed by atoms with E-state index in [2.05, 4.69) is 17.3 Å². The fourth-order valence-corrected chi connectivity index (χ4v) is 2.35. The van der Waals surface area contributed by atoms with E-state index in [9.17, 15) is 4.79 Å². The molecule has 1 aliphatic rings. The molecule has 0 saturated carbocycles. The van der Waals surface area contributed by atoms with Gasteiger partial charge in [-0.2, -0.15) is 0 Å². The van der Waals surface area contributed by atoms with Crippen LogP contribution in [-0.2, 0) is 11.3 Å². The van der Waals surface area contributed by atoms with Crippen LogP contribution in [0.2, 0.25) is 0 Å². The molecule has 0 aliphatic carbocycles. The first-order chi connectivity index (χ1) is 8.70. The topological polar surface area (TPSA) is 41.6 Å². The van der Waals surface area contributed by atoms with Crippen molar-refractivity contribution in [2.45, 2.75) is 19.0 Å². The average Bonchev–Trinajstić information content (AvgIpc) is 2.92. The fourth-order valence-electron chi connectivity index (χ4n) is 2.35. The molecule has 19 heavy (non-hydrogen) atoms. The number of hydrogen-bond donors (Lipinski definition) is 1. The largest absolute Gasteiger partial charge is 0.465 e. The van der Waals surface area contributed by atoms with Crippen molar-refractivity contribution < 1.29 is 9.53 Å². The molecular weight excluding hydrogens is 264 g/mol. The summed E-state index contributed by atoms with van der Waals surface area (Å²) in [5.74, 6) is -0.276. The van der Waals surface area contributed by atoms with E-state index in [0.29, 0.717) is 11.6 Å². The summed E-state index contributed by atoms with van der Waals surface area (Å²) < 4.78 is 4.73. The zero-order chi connectivity index (χ0) is 13.0. The number of hydrogen-bond acceptors (Lipinski definition) is 4. The predicted molar refractivity (Wildman–Crippen MR) is 77.8 cm³/mol. The normalized spacial score (nSPS) is 18.2. The summed E-state index contributed by atoms with van der Waals surface area (Å²) in [5.41, 5.74) is 1.76. The van der Waals surface area contributed by atoms with Crippen molar-refractivity contribution >= 4 is 18.4 Å². The van der Waals surface area contributed by atoms with E-state index >= 15 is 0 Å². The van der Waals surface area contributed by atoms with Crippen LogP contribution >= 0.6 is 12.4 Å². The van der Waals surface area contributed by atoms with Gasteiger partial charge in [0.2, 0.25) is 0 Å². The number of carbonyl (C=O) groups is 1. The Balaban J connectivity index is 0.00000180. The van der Waals surface area contributed by atoms with E-state index in [-0.39, 0.29) is 18.4 Å². The summed E-state index contributed by atoms with van der Waals surface area (Å²) in [4.78, 5) is 13.8. The van der Waals surface area contributed by atoms with Gasteiger partial charge in [-0.1, -0.05) is 12.1 Å². The van der Waals surface area contributed by atoms with Gasteiger partial charge in [0.15, 0.2) is 0 Å². The third kappa shape index (κ3) is 4.20. The Kier molecular flexibility index (Phi) is 6.28. The van der Waals surface area contributed by atoms with Crippen molar-refractivity contribution in [3.63, 3.8) is 0 Å². The zero-order valence-corrected chi connectivity index (χ0v) is 12.2. The highest BCUT2D eigenvalue weighted by molar-refractivity contribution is 5.89. The molecule has 2 rings (SSSR count). The monoisotopic (exact) mass is 284 g/mol. The van der Waals surface area contributed by atoms with Crippen LogP contribution in [0, 0.1) is 0 Å². The molecule has 4 nitrogen and oxygen atoms in total. The maximum atomic E-state index is 11.5. The summed E-state index contributed by atoms with van der Waals surface area (Å²) in [6.45, 7) is 3.00. The first kappa shape index (κ1) is 16.0. The quantitative estimate of drug-likeness (QED) is 0.855. The smallest absolute Gasteiger partial charge is 0.337 e. The van der Waals surface area contributed by atoms with Crippen molar-refractivity contribution in [3.05, 3.63) is 35.4 Å². The Labute approximate surface area is 120 Å². The van der Waals surface area contributed by atoms with E-state index in [4.69, 9.17) is 4.74 Å². The zero-order valence-electron chi connectivity index (χ0n) is 11.4. The van der Waals surface area contributed by atoms with Crippen molar-refractivity contribution in [2.75, 3.05) is 27.2 Å². The summed E-state index contributed by atoms with van der Waals surface area (Å²) in [7, 11) is 3.54. The lowest BCUT2D eigenvalue weighted by Crippen LogP contribution is -2.32. The molecule has 1 fully saturated rings. The number of benzene rings is 1. The lowest BCUT2D eigenvalue weighted by molar-refractivity contribution is 0.0600. The molecule has 0 aromatic heterocycles. The highest BCUT2D eigenvalue weighted by atomic mass is 35.5. The molecule has 1 N–H and O–H groups in total. The lowest BCUT2D eigenvalue weighted by atomic mass is 10.1. The van der Waals surface area contributed by atoms with Crippen LogP contribution in [0.5, 0.6) is 0 Å². The van der Waals surface area contributed by atoms with Crippen molar-refractivity contribution in [3.8, 4) is 0 Å². The Morgan fingerprint density at radius 3 is 2.95 bits per heavy atom. The third-order valence-corrected chi connectivity index (χ3v) is 3.44. The van der Waals surface area contributed by atoms with E-state index in [1.807, 2.05) is 18.2 Å². The lowest BCUT2D eigenvalue weighted by Gasteiger charge is -2.23. The van der Waals surface area contributed by atoms with Crippen LogP contribution in [0.15, 0.2) is 24.3 Å². The fraction of sp³-hybridized carbons (Fsp3) is 0.500. The maximum Gasteiger partial charge on any atom is 0.337 e. The summed E-state index contributed by atoms with van der Waals surface area (Å²) in [6, 6.07) is 8.23. The van der Waals surface area contributed by atoms with Crippen LogP contribution in [-0.4, -0.2) is 44.2 Å². The minimum Gasteiger partial charge on any atom is -0.465 e. The number of rotatable bonds is 4. The predicted octanol–water partition coefficient (Wildman–Crippen LogP) is 1.69. The molecule has 1 unspecified atom stereocenters. The summed E-state index contributed by atoms with van der Waals surface area (Å²) >= 11 is 0. The van der Waals surface area contributed by atoms with Gasteiger partial charge in [0.25, 0.3) is 0 Å². The van der Waals surface area contributed by atoms with Gasteiger partial charge < -0.3 is 10.1 Å². The number of likely N-dealkylation sites (N-methyl/N-ethyl adjacent to an activating group) is 1. The minimum absolute atomic E-state index is 0. The molecule has 0 amide bonds. The second-order valence-electron chi connectivity index (χ2n) is 4.75. The number of nitrogens with one attached hydrogen (secondary N) is 1. The number of ether oxygens (including phenoxy) is 1. The number of halogens is 1. The van der Waals surface area contributed by atoms with E-state index in [0.717, 1.165) is 25.2 Å². The van der Waals surface area contributed by atoms with Gasteiger partial charge in [0, 0.05) is 19.1 Å². The Hall–Kier alpha value is -1.10. The van der Waals surface area contributed by atoms with Crippen LogP contribution in [0.3, 0.4) is 0 Å². The molecule has 1 atom stereocenters. The van der Waals surface area contributed by atoms with Crippen LogP contribution < -0.4 is 5.32 Å². The Bertz CT molecular complexity index is 420. The summed E-state index contributed by atoms with van der Waals surface area (Å²) in [6.07, 6.45) is 1.19. The van der Waals surface area contributed by atoms with Gasteiger partial charge in [-0.15, -0.1) is 12.4 Å². The second kappa shape index (κ2) is 7.48. The number of esters is 1. The molecule has 1 saturated heterocycles. The number of nitrogens with zero attached hydrogens (tertiary/aromatic N) is 1. The second-order valence-corrected chi connectivity index (χ2v) is 4.75. The van der Waals surface area contributed by atoms with Gasteiger partial charge >= 0.3 is 5.97 Å². The molecule has 0 spiro atoms. The summed E-state index contributed by atoms with van der Waals surface area (Å²) in [5, 5.41) is 3.36. The van der Waals surface area contributed by atoms with Gasteiger partial charge in [-0.05, 0) is 37.7 Å². The van der Waals surface area contributed by atoms with Crippen molar-refractivity contribution in [1.82, 2.24) is 10.2 Å². The van der Waals surface area contributed by atoms with Gasteiger partial charge in [0.1, 0.15) is 0 Å². The van der Waals surface area contributed by atoms with Crippen LogP contribution in [0.4, 0.5) is 0 Å². The molecule has 0 bridgehead atoms. The highest BCUT2D eigenvalue weighted by Crippen LogP contribution is 2.13. The number of carbonyl (C=O) groups excluding carboxylic acids is 1. The van der Waals surface area contributed by atoms with Gasteiger partial charge in [-0.25, -0.2) is 4.79 Å². The highest BCUT2D eigenvalue weighted by Gasteiger charge is 2.19. The first-order valence-corrected chi connectivity index (χ1v) is 6.29. The van der Waals surface area contributed by atoms with Gasteiger partial charge in [-0.3, -0.25) is 4.90 Å². The van der Waals surface area contributed by atoms with Crippen molar-refractivity contribution in [1.29, 1.82) is 0 Å². The third-order valence-electron chi connectivity index (χ3n) is 3.44. The molecule has 1 aliphatic heterocycles. The van der Waals surface area contributed by atoms with E-state index < -0.39 is 0 Å². The first-order valence-electron chi connectivity index (χ1n) is 6.29. The average molecular weight is 285 g/mol. The maximum absolute atomic E-state index is 11.5. The van der Waals surface area contributed by atoms with E-state index in [1.165, 1.54) is 13.5 Å². The molecular formula is C14H21ClN2O2. The molecule has 1 heterocycles.